The highest BCUT2D eigenvalue weighted by atomic mass is 19.4. The second-order valence-corrected chi connectivity index (χ2v) is 6.02. The van der Waals surface area contributed by atoms with Gasteiger partial charge >= 0.3 is 6.18 Å². The van der Waals surface area contributed by atoms with Crippen LogP contribution in [0.25, 0.3) is 10.8 Å². The van der Waals surface area contributed by atoms with Crippen molar-refractivity contribution >= 4 is 10.8 Å². The van der Waals surface area contributed by atoms with Gasteiger partial charge in [-0.05, 0) is 35.6 Å². The summed E-state index contributed by atoms with van der Waals surface area (Å²) in [6.07, 6.45) is -2.87. The molecule has 2 N–H and O–H groups in total. The number of rotatable bonds is 1. The molecule has 112 valence electrons. The molecule has 21 heavy (non-hydrogen) atoms. The first-order chi connectivity index (χ1) is 9.90. The molecule has 0 amide bonds. The molecule has 1 saturated carbocycles. The van der Waals surface area contributed by atoms with Gasteiger partial charge in [0.25, 0.3) is 0 Å². The van der Waals surface area contributed by atoms with Gasteiger partial charge in [-0.1, -0.05) is 48.9 Å². The third-order valence-corrected chi connectivity index (χ3v) is 4.58. The van der Waals surface area contributed by atoms with Crippen molar-refractivity contribution in [2.24, 2.45) is 11.7 Å². The molecule has 2 aromatic rings. The molecule has 0 heterocycles. The normalized spacial score (nSPS) is 27.0. The lowest BCUT2D eigenvalue weighted by Gasteiger charge is -2.39. The van der Waals surface area contributed by atoms with Crippen LogP contribution >= 0.6 is 0 Å². The van der Waals surface area contributed by atoms with Crippen molar-refractivity contribution in [2.75, 3.05) is 0 Å². The number of fused-ring (bicyclic) bond motifs is 1. The Morgan fingerprint density at radius 2 is 1.76 bits per heavy atom. The zero-order chi connectivity index (χ0) is 15.1. The Balaban J connectivity index is 2.04. The molecule has 2 atom stereocenters. The third-order valence-electron chi connectivity index (χ3n) is 4.58. The average molecular weight is 293 g/mol. The Kier molecular flexibility index (Phi) is 3.44. The van der Waals surface area contributed by atoms with Crippen LogP contribution in [0.1, 0.15) is 31.2 Å². The highest BCUT2D eigenvalue weighted by Gasteiger charge is 2.47. The molecule has 4 heteroatoms. The Labute approximate surface area is 121 Å². The van der Waals surface area contributed by atoms with Crippen LogP contribution in [0.4, 0.5) is 13.2 Å². The minimum atomic E-state index is -4.16. The molecular formula is C17H18F3N. The fraction of sp³-hybridized carbons (Fsp3) is 0.412. The van der Waals surface area contributed by atoms with E-state index in [4.69, 9.17) is 5.73 Å². The van der Waals surface area contributed by atoms with Crippen LogP contribution in [0.15, 0.2) is 42.5 Å². The predicted octanol–water partition coefficient (Wildman–Crippen LogP) is 4.75. The molecule has 0 spiro atoms. The van der Waals surface area contributed by atoms with Gasteiger partial charge < -0.3 is 5.73 Å². The minimum absolute atomic E-state index is 0.0233. The van der Waals surface area contributed by atoms with Gasteiger partial charge in [0.2, 0.25) is 0 Å². The Hall–Kier alpha value is -1.55. The van der Waals surface area contributed by atoms with Gasteiger partial charge in [-0.3, -0.25) is 0 Å². The van der Waals surface area contributed by atoms with Gasteiger partial charge in [0.15, 0.2) is 0 Å². The summed E-state index contributed by atoms with van der Waals surface area (Å²) in [5.41, 5.74) is 6.39. The third kappa shape index (κ3) is 2.64. The van der Waals surface area contributed by atoms with Gasteiger partial charge in [-0.15, -0.1) is 0 Å². The van der Waals surface area contributed by atoms with Gasteiger partial charge in [-0.2, -0.15) is 13.2 Å². The first-order valence-electron chi connectivity index (χ1n) is 7.24. The second kappa shape index (κ2) is 5.02. The van der Waals surface area contributed by atoms with E-state index in [1.54, 1.807) is 0 Å². The number of halogens is 3. The number of hydrogen-bond acceptors (Lipinski definition) is 1. The zero-order valence-electron chi connectivity index (χ0n) is 11.7. The molecule has 1 aliphatic carbocycles. The molecule has 0 radical (unpaired) electrons. The minimum Gasteiger partial charge on any atom is -0.321 e. The van der Waals surface area contributed by atoms with Gasteiger partial charge in [0, 0.05) is 5.54 Å². The van der Waals surface area contributed by atoms with Crippen LogP contribution in [-0.4, -0.2) is 6.18 Å². The van der Waals surface area contributed by atoms with E-state index in [1.807, 2.05) is 42.5 Å². The van der Waals surface area contributed by atoms with Crippen molar-refractivity contribution in [2.45, 2.75) is 37.4 Å². The van der Waals surface area contributed by atoms with E-state index >= 15 is 0 Å². The van der Waals surface area contributed by atoms with E-state index in [-0.39, 0.29) is 12.8 Å². The summed E-state index contributed by atoms with van der Waals surface area (Å²) in [6, 6.07) is 13.5. The van der Waals surface area contributed by atoms with E-state index in [0.29, 0.717) is 12.8 Å². The lowest BCUT2D eigenvalue weighted by Crippen LogP contribution is -2.45. The standard InChI is InChI=1S/C17H18F3N/c18-17(19,20)13-7-4-10-16(21,11-13)15-9-3-6-12-5-1-2-8-14(12)15/h1-3,5-6,8-9,13H,4,7,10-11,21H2. The summed E-state index contributed by atoms with van der Waals surface area (Å²) in [7, 11) is 0. The highest BCUT2D eigenvalue weighted by molar-refractivity contribution is 5.86. The van der Waals surface area contributed by atoms with Crippen LogP contribution in [0.3, 0.4) is 0 Å². The Bertz CT molecular complexity index is 645. The van der Waals surface area contributed by atoms with Gasteiger partial charge in [0.1, 0.15) is 0 Å². The molecule has 0 bridgehead atoms. The van der Waals surface area contributed by atoms with Gasteiger partial charge in [-0.25, -0.2) is 0 Å². The summed E-state index contributed by atoms with van der Waals surface area (Å²) in [6.45, 7) is 0. The maximum Gasteiger partial charge on any atom is 0.391 e. The summed E-state index contributed by atoms with van der Waals surface area (Å²) < 4.78 is 39.2. The van der Waals surface area contributed by atoms with Crippen molar-refractivity contribution in [1.82, 2.24) is 0 Å². The lowest BCUT2D eigenvalue weighted by atomic mass is 9.71. The molecule has 2 aromatic carbocycles. The Morgan fingerprint density at radius 1 is 1.05 bits per heavy atom. The first kappa shape index (κ1) is 14.4. The highest BCUT2D eigenvalue weighted by Crippen LogP contribution is 2.46. The van der Waals surface area contributed by atoms with E-state index < -0.39 is 17.6 Å². The number of alkyl halides is 3. The smallest absolute Gasteiger partial charge is 0.321 e. The van der Waals surface area contributed by atoms with Crippen molar-refractivity contribution in [3.8, 4) is 0 Å². The maximum absolute atomic E-state index is 13.1. The summed E-state index contributed by atoms with van der Waals surface area (Å²) in [5, 5.41) is 1.99. The van der Waals surface area contributed by atoms with Crippen molar-refractivity contribution in [1.29, 1.82) is 0 Å². The quantitative estimate of drug-likeness (QED) is 0.807. The van der Waals surface area contributed by atoms with E-state index in [0.717, 1.165) is 16.3 Å². The molecule has 0 saturated heterocycles. The maximum atomic E-state index is 13.1. The fourth-order valence-corrected chi connectivity index (χ4v) is 3.49. The van der Waals surface area contributed by atoms with Crippen LogP contribution in [0.5, 0.6) is 0 Å². The molecule has 0 aromatic heterocycles. The lowest BCUT2D eigenvalue weighted by molar-refractivity contribution is -0.187. The first-order valence-corrected chi connectivity index (χ1v) is 7.24. The number of benzene rings is 2. The SMILES string of the molecule is NC1(c2cccc3ccccc23)CCCC(C(F)(F)F)C1. The molecule has 2 unspecified atom stereocenters. The van der Waals surface area contributed by atoms with E-state index in [9.17, 15) is 13.2 Å². The Morgan fingerprint density at radius 3 is 2.52 bits per heavy atom. The monoisotopic (exact) mass is 293 g/mol. The van der Waals surface area contributed by atoms with Crippen LogP contribution < -0.4 is 5.73 Å². The molecule has 0 aliphatic heterocycles. The molecular weight excluding hydrogens is 275 g/mol. The summed E-state index contributed by atoms with van der Waals surface area (Å²) in [4.78, 5) is 0. The predicted molar refractivity (Wildman–Crippen MR) is 77.8 cm³/mol. The van der Waals surface area contributed by atoms with Crippen molar-refractivity contribution in [3.63, 3.8) is 0 Å². The van der Waals surface area contributed by atoms with Gasteiger partial charge in [0.05, 0.1) is 5.92 Å². The molecule has 3 rings (SSSR count). The van der Waals surface area contributed by atoms with Crippen LogP contribution in [0, 0.1) is 5.92 Å². The number of hydrogen-bond donors (Lipinski definition) is 1. The molecule has 1 fully saturated rings. The summed E-state index contributed by atoms with van der Waals surface area (Å²) in [5.74, 6) is -1.30. The molecule has 1 nitrogen and oxygen atoms in total. The fourth-order valence-electron chi connectivity index (χ4n) is 3.49. The largest absolute Gasteiger partial charge is 0.391 e. The van der Waals surface area contributed by atoms with E-state index in [2.05, 4.69) is 0 Å². The van der Waals surface area contributed by atoms with Crippen LogP contribution in [-0.2, 0) is 5.54 Å². The van der Waals surface area contributed by atoms with Crippen molar-refractivity contribution in [3.05, 3.63) is 48.0 Å². The second-order valence-electron chi connectivity index (χ2n) is 6.02. The number of nitrogens with two attached hydrogens (primary N) is 1. The zero-order valence-corrected chi connectivity index (χ0v) is 11.7. The topological polar surface area (TPSA) is 26.0 Å². The van der Waals surface area contributed by atoms with E-state index in [1.165, 1.54) is 0 Å². The van der Waals surface area contributed by atoms with Crippen LogP contribution in [0.2, 0.25) is 0 Å². The molecule has 1 aliphatic rings. The summed E-state index contributed by atoms with van der Waals surface area (Å²) >= 11 is 0. The average Bonchev–Trinajstić information content (AvgIpc) is 2.46. The van der Waals surface area contributed by atoms with Crippen molar-refractivity contribution < 1.29 is 13.2 Å².